The number of rotatable bonds is 6. The van der Waals surface area contributed by atoms with E-state index in [2.05, 4.69) is 6.92 Å². The standard InChI is InChI=1S/C12H24N2O2/c1-3-4-8-14(9-7-13)12(15)11-6-5-10(2)16-11/h10-11H,3-9,13H2,1-2H3. The maximum absolute atomic E-state index is 12.1. The van der Waals surface area contributed by atoms with Crippen LogP contribution in [0.15, 0.2) is 0 Å². The number of hydrogen-bond donors (Lipinski definition) is 1. The molecule has 1 heterocycles. The third-order valence-corrected chi connectivity index (χ3v) is 3.00. The molecule has 1 aliphatic rings. The fourth-order valence-electron chi connectivity index (χ4n) is 2.02. The van der Waals surface area contributed by atoms with Crippen molar-refractivity contribution in [3.8, 4) is 0 Å². The number of hydrogen-bond acceptors (Lipinski definition) is 3. The predicted octanol–water partition coefficient (Wildman–Crippen LogP) is 1.14. The van der Waals surface area contributed by atoms with Crippen LogP contribution in [0.2, 0.25) is 0 Å². The summed E-state index contributed by atoms with van der Waals surface area (Å²) in [5.41, 5.74) is 5.53. The minimum atomic E-state index is -0.224. The Morgan fingerprint density at radius 1 is 1.44 bits per heavy atom. The van der Waals surface area contributed by atoms with E-state index in [-0.39, 0.29) is 18.1 Å². The van der Waals surface area contributed by atoms with Gasteiger partial charge in [-0.2, -0.15) is 0 Å². The van der Waals surface area contributed by atoms with Crippen molar-refractivity contribution in [3.63, 3.8) is 0 Å². The molecule has 2 atom stereocenters. The first kappa shape index (κ1) is 13.5. The Morgan fingerprint density at radius 3 is 2.69 bits per heavy atom. The molecule has 4 heteroatoms. The average molecular weight is 228 g/mol. The molecule has 1 aliphatic heterocycles. The van der Waals surface area contributed by atoms with Crippen LogP contribution in [0.1, 0.15) is 39.5 Å². The van der Waals surface area contributed by atoms with E-state index in [0.717, 1.165) is 32.2 Å². The topological polar surface area (TPSA) is 55.6 Å². The quantitative estimate of drug-likeness (QED) is 0.741. The summed E-state index contributed by atoms with van der Waals surface area (Å²) < 4.78 is 5.60. The number of carbonyl (C=O) groups excluding carboxylic acids is 1. The fourth-order valence-corrected chi connectivity index (χ4v) is 2.02. The molecule has 0 bridgehead atoms. The molecule has 0 radical (unpaired) electrons. The van der Waals surface area contributed by atoms with Gasteiger partial charge in [-0.05, 0) is 26.2 Å². The van der Waals surface area contributed by atoms with Crippen molar-refractivity contribution in [1.82, 2.24) is 4.90 Å². The Labute approximate surface area is 98.1 Å². The Balaban J connectivity index is 2.45. The molecule has 2 unspecified atom stereocenters. The second-order valence-electron chi connectivity index (χ2n) is 4.48. The lowest BCUT2D eigenvalue weighted by Crippen LogP contribution is -2.42. The zero-order valence-corrected chi connectivity index (χ0v) is 10.4. The third kappa shape index (κ3) is 3.76. The zero-order valence-electron chi connectivity index (χ0n) is 10.4. The maximum atomic E-state index is 12.1. The smallest absolute Gasteiger partial charge is 0.251 e. The van der Waals surface area contributed by atoms with Crippen molar-refractivity contribution < 1.29 is 9.53 Å². The van der Waals surface area contributed by atoms with Crippen LogP contribution in [-0.4, -0.2) is 42.6 Å². The van der Waals surface area contributed by atoms with E-state index in [1.54, 1.807) is 0 Å². The van der Waals surface area contributed by atoms with Gasteiger partial charge in [0, 0.05) is 19.6 Å². The molecule has 0 aliphatic carbocycles. The van der Waals surface area contributed by atoms with Gasteiger partial charge in [-0.15, -0.1) is 0 Å². The van der Waals surface area contributed by atoms with E-state index in [0.29, 0.717) is 13.1 Å². The SMILES string of the molecule is CCCCN(CCN)C(=O)C1CCC(C)O1. The summed E-state index contributed by atoms with van der Waals surface area (Å²) in [7, 11) is 0. The molecule has 1 rings (SSSR count). The molecule has 0 aromatic carbocycles. The lowest BCUT2D eigenvalue weighted by atomic mass is 10.2. The Morgan fingerprint density at radius 2 is 2.19 bits per heavy atom. The Bertz CT molecular complexity index is 221. The van der Waals surface area contributed by atoms with Crippen LogP contribution in [0.4, 0.5) is 0 Å². The van der Waals surface area contributed by atoms with Gasteiger partial charge < -0.3 is 15.4 Å². The van der Waals surface area contributed by atoms with E-state index < -0.39 is 0 Å². The van der Waals surface area contributed by atoms with Crippen LogP contribution in [0.3, 0.4) is 0 Å². The number of nitrogens with two attached hydrogens (primary N) is 1. The van der Waals surface area contributed by atoms with Gasteiger partial charge in [-0.1, -0.05) is 13.3 Å². The molecule has 0 saturated carbocycles. The largest absolute Gasteiger partial charge is 0.365 e. The van der Waals surface area contributed by atoms with Crippen molar-refractivity contribution in [2.24, 2.45) is 5.73 Å². The minimum absolute atomic E-state index is 0.128. The van der Waals surface area contributed by atoms with Gasteiger partial charge in [0.25, 0.3) is 5.91 Å². The first-order valence-corrected chi connectivity index (χ1v) is 6.33. The van der Waals surface area contributed by atoms with Crippen molar-refractivity contribution in [1.29, 1.82) is 0 Å². The number of ether oxygens (including phenoxy) is 1. The summed E-state index contributed by atoms with van der Waals surface area (Å²) in [4.78, 5) is 14.0. The number of unbranched alkanes of at least 4 members (excludes halogenated alkanes) is 1. The number of amides is 1. The van der Waals surface area contributed by atoms with Crippen LogP contribution in [-0.2, 0) is 9.53 Å². The monoisotopic (exact) mass is 228 g/mol. The molecule has 0 aromatic rings. The van der Waals surface area contributed by atoms with E-state index >= 15 is 0 Å². The van der Waals surface area contributed by atoms with Crippen molar-refractivity contribution in [2.45, 2.75) is 51.7 Å². The van der Waals surface area contributed by atoms with E-state index in [4.69, 9.17) is 10.5 Å². The van der Waals surface area contributed by atoms with Gasteiger partial charge in [-0.25, -0.2) is 0 Å². The normalized spacial score (nSPS) is 24.7. The number of nitrogens with zero attached hydrogens (tertiary/aromatic N) is 1. The summed E-state index contributed by atoms with van der Waals surface area (Å²) in [6.07, 6.45) is 3.97. The highest BCUT2D eigenvalue weighted by Gasteiger charge is 2.30. The van der Waals surface area contributed by atoms with Crippen molar-refractivity contribution in [3.05, 3.63) is 0 Å². The third-order valence-electron chi connectivity index (χ3n) is 3.00. The molecule has 2 N–H and O–H groups in total. The fraction of sp³-hybridized carbons (Fsp3) is 0.917. The second kappa shape index (κ2) is 6.86. The molecule has 1 amide bonds. The highest BCUT2D eigenvalue weighted by Crippen LogP contribution is 2.20. The average Bonchev–Trinajstić information content (AvgIpc) is 2.70. The van der Waals surface area contributed by atoms with Crippen LogP contribution in [0.5, 0.6) is 0 Å². The van der Waals surface area contributed by atoms with E-state index in [1.807, 2.05) is 11.8 Å². The van der Waals surface area contributed by atoms with E-state index in [1.165, 1.54) is 0 Å². The molecular weight excluding hydrogens is 204 g/mol. The molecular formula is C12H24N2O2. The van der Waals surface area contributed by atoms with Gasteiger partial charge in [0.15, 0.2) is 0 Å². The summed E-state index contributed by atoms with van der Waals surface area (Å²) in [6, 6.07) is 0. The van der Waals surface area contributed by atoms with Crippen molar-refractivity contribution in [2.75, 3.05) is 19.6 Å². The van der Waals surface area contributed by atoms with Crippen LogP contribution in [0, 0.1) is 0 Å². The first-order valence-electron chi connectivity index (χ1n) is 6.33. The van der Waals surface area contributed by atoms with Gasteiger partial charge in [-0.3, -0.25) is 4.79 Å². The lowest BCUT2D eigenvalue weighted by molar-refractivity contribution is -0.142. The molecule has 0 spiro atoms. The van der Waals surface area contributed by atoms with Gasteiger partial charge in [0.1, 0.15) is 6.10 Å². The highest BCUT2D eigenvalue weighted by molar-refractivity contribution is 5.81. The highest BCUT2D eigenvalue weighted by atomic mass is 16.5. The maximum Gasteiger partial charge on any atom is 0.251 e. The number of carbonyl (C=O) groups is 1. The summed E-state index contributed by atoms with van der Waals surface area (Å²) in [5.74, 6) is 0.128. The van der Waals surface area contributed by atoms with Crippen LogP contribution < -0.4 is 5.73 Å². The molecule has 4 nitrogen and oxygen atoms in total. The van der Waals surface area contributed by atoms with E-state index in [9.17, 15) is 4.79 Å². The minimum Gasteiger partial charge on any atom is -0.365 e. The van der Waals surface area contributed by atoms with Gasteiger partial charge in [0.2, 0.25) is 0 Å². The van der Waals surface area contributed by atoms with Crippen LogP contribution >= 0.6 is 0 Å². The summed E-state index contributed by atoms with van der Waals surface area (Å²) >= 11 is 0. The predicted molar refractivity (Wildman–Crippen MR) is 64.1 cm³/mol. The summed E-state index contributed by atoms with van der Waals surface area (Å²) in [6.45, 7) is 6.12. The Kier molecular flexibility index (Phi) is 5.77. The lowest BCUT2D eigenvalue weighted by Gasteiger charge is -2.24. The first-order chi connectivity index (χ1) is 7.69. The molecule has 0 aromatic heterocycles. The molecule has 16 heavy (non-hydrogen) atoms. The molecule has 1 saturated heterocycles. The molecule has 94 valence electrons. The van der Waals surface area contributed by atoms with Gasteiger partial charge in [0.05, 0.1) is 6.10 Å². The zero-order chi connectivity index (χ0) is 12.0. The Hall–Kier alpha value is -0.610. The van der Waals surface area contributed by atoms with Gasteiger partial charge >= 0.3 is 0 Å². The van der Waals surface area contributed by atoms with Crippen molar-refractivity contribution >= 4 is 5.91 Å². The molecule has 1 fully saturated rings. The summed E-state index contributed by atoms with van der Waals surface area (Å²) in [5, 5.41) is 0. The second-order valence-corrected chi connectivity index (χ2v) is 4.48. The van der Waals surface area contributed by atoms with Crippen LogP contribution in [0.25, 0.3) is 0 Å².